The van der Waals surface area contributed by atoms with Crippen molar-refractivity contribution >= 4 is 17.4 Å². The summed E-state index contributed by atoms with van der Waals surface area (Å²) in [5.41, 5.74) is 5.09. The minimum atomic E-state index is -3.18. The van der Waals surface area contributed by atoms with Crippen molar-refractivity contribution in [1.82, 2.24) is 14.6 Å². The first-order chi connectivity index (χ1) is 15.5. The molecule has 0 radical (unpaired) electrons. The van der Waals surface area contributed by atoms with E-state index in [0.717, 1.165) is 0 Å². The molecule has 10 nitrogen and oxygen atoms in total. The third-order valence-electron chi connectivity index (χ3n) is 5.05. The summed E-state index contributed by atoms with van der Waals surface area (Å²) in [7, 11) is 2.92. The van der Waals surface area contributed by atoms with Crippen molar-refractivity contribution in [2.75, 3.05) is 19.5 Å². The molecule has 4 N–H and O–H groups in total. The van der Waals surface area contributed by atoms with Gasteiger partial charge >= 0.3 is 6.61 Å². The highest BCUT2D eigenvalue weighted by atomic mass is 19.3. The molecule has 2 heterocycles. The number of carbonyl (C=O) groups is 1. The van der Waals surface area contributed by atoms with Crippen LogP contribution in [-0.2, 0) is 0 Å². The molecule has 0 fully saturated rings. The maximum absolute atomic E-state index is 13.0. The van der Waals surface area contributed by atoms with Crippen molar-refractivity contribution in [3.8, 4) is 28.4 Å². The lowest BCUT2D eigenvalue weighted by Crippen LogP contribution is -2.38. The molecule has 178 valence electrons. The number of halogens is 2. The van der Waals surface area contributed by atoms with Crippen molar-refractivity contribution in [3.05, 3.63) is 30.1 Å². The fourth-order valence-corrected chi connectivity index (χ4v) is 3.04. The Bertz CT molecular complexity index is 1180. The lowest BCUT2D eigenvalue weighted by Gasteiger charge is -2.27. The lowest BCUT2D eigenvalue weighted by molar-refractivity contribution is -0.0502. The second-order valence-corrected chi connectivity index (χ2v) is 7.74. The standard InChI is InChI=1S/C21H25F2N5O5/c1-10(21(2,3)30)32-15-9-28-19(27-18(15)25-4)12(8-26-28)11-6-13(31-5)16(17(24)29)14(7-11)33-20(22)23/h6-10,20,30H,1-5H3,(H2,24,29)(H,25,27)/t10-/m1/s1. The number of hydrogen-bond acceptors (Lipinski definition) is 8. The molecule has 3 rings (SSSR count). The number of methoxy groups -OCH3 is 1. The van der Waals surface area contributed by atoms with Gasteiger partial charge in [0.25, 0.3) is 5.91 Å². The molecule has 0 aliphatic heterocycles. The van der Waals surface area contributed by atoms with Crippen LogP contribution < -0.4 is 25.3 Å². The van der Waals surface area contributed by atoms with E-state index < -0.39 is 30.0 Å². The largest absolute Gasteiger partial charge is 0.496 e. The zero-order chi connectivity index (χ0) is 24.5. The van der Waals surface area contributed by atoms with E-state index in [9.17, 15) is 18.7 Å². The lowest BCUT2D eigenvalue weighted by atomic mass is 10.0. The summed E-state index contributed by atoms with van der Waals surface area (Å²) >= 11 is 0. The van der Waals surface area contributed by atoms with Gasteiger partial charge in [0.1, 0.15) is 23.2 Å². The Labute approximate surface area is 188 Å². The Kier molecular flexibility index (Phi) is 6.58. The Hall–Kier alpha value is -3.67. The molecule has 2 aromatic heterocycles. The van der Waals surface area contributed by atoms with Gasteiger partial charge in [-0.05, 0) is 38.5 Å². The number of nitrogens with one attached hydrogen (secondary N) is 1. The smallest absolute Gasteiger partial charge is 0.387 e. The van der Waals surface area contributed by atoms with Crippen LogP contribution in [0.2, 0.25) is 0 Å². The molecule has 33 heavy (non-hydrogen) atoms. The second-order valence-electron chi connectivity index (χ2n) is 7.74. The van der Waals surface area contributed by atoms with Gasteiger partial charge in [0.2, 0.25) is 0 Å². The molecule has 0 saturated carbocycles. The summed E-state index contributed by atoms with van der Waals surface area (Å²) in [6.07, 6.45) is 2.49. The molecule has 0 spiro atoms. The molecule has 1 aromatic carbocycles. The molecule has 0 aliphatic rings. The molecular formula is C21H25F2N5O5. The number of carbonyl (C=O) groups excluding carboxylic acids is 1. The van der Waals surface area contributed by atoms with Crippen molar-refractivity contribution in [3.63, 3.8) is 0 Å². The van der Waals surface area contributed by atoms with Crippen molar-refractivity contribution in [1.29, 1.82) is 0 Å². The van der Waals surface area contributed by atoms with Crippen LogP contribution in [0, 0.1) is 0 Å². The third-order valence-corrected chi connectivity index (χ3v) is 5.05. The number of nitrogens with zero attached hydrogens (tertiary/aromatic N) is 3. The van der Waals surface area contributed by atoms with E-state index in [1.165, 1.54) is 30.0 Å². The van der Waals surface area contributed by atoms with Gasteiger partial charge in [-0.3, -0.25) is 4.79 Å². The van der Waals surface area contributed by atoms with Crippen molar-refractivity contribution < 1.29 is 32.9 Å². The van der Waals surface area contributed by atoms with E-state index in [4.69, 9.17) is 15.2 Å². The normalized spacial score (nSPS) is 12.6. The summed E-state index contributed by atoms with van der Waals surface area (Å²) in [4.78, 5) is 16.4. The number of aliphatic hydroxyl groups is 1. The first-order valence-electron chi connectivity index (χ1n) is 9.88. The Morgan fingerprint density at radius 3 is 2.45 bits per heavy atom. The Morgan fingerprint density at radius 2 is 1.91 bits per heavy atom. The van der Waals surface area contributed by atoms with Gasteiger partial charge in [-0.2, -0.15) is 13.9 Å². The molecule has 1 amide bonds. The predicted molar refractivity (Wildman–Crippen MR) is 116 cm³/mol. The number of rotatable bonds is 9. The quantitative estimate of drug-likeness (QED) is 0.439. The predicted octanol–water partition coefficient (Wildman–Crippen LogP) is 2.69. The number of hydrogen-bond donors (Lipinski definition) is 3. The highest BCUT2D eigenvalue weighted by Crippen LogP contribution is 2.37. The van der Waals surface area contributed by atoms with E-state index in [1.54, 1.807) is 34.0 Å². The van der Waals surface area contributed by atoms with Crippen molar-refractivity contribution in [2.45, 2.75) is 39.1 Å². The maximum Gasteiger partial charge on any atom is 0.387 e. The monoisotopic (exact) mass is 465 g/mol. The number of ether oxygens (including phenoxy) is 3. The summed E-state index contributed by atoms with van der Waals surface area (Å²) < 4.78 is 42.9. The number of amides is 1. The molecule has 1 atom stereocenters. The van der Waals surface area contributed by atoms with Gasteiger partial charge in [0.15, 0.2) is 17.2 Å². The number of anilines is 1. The van der Waals surface area contributed by atoms with Gasteiger partial charge in [0.05, 0.1) is 25.1 Å². The number of aromatic nitrogens is 3. The number of fused-ring (bicyclic) bond motifs is 1. The summed E-state index contributed by atoms with van der Waals surface area (Å²) in [5.74, 6) is -0.739. The molecule has 0 aliphatic carbocycles. The van der Waals surface area contributed by atoms with Gasteiger partial charge in [-0.15, -0.1) is 0 Å². The SMILES string of the molecule is CNc1nc2c(-c3cc(OC)c(C(N)=O)c(OC(F)F)c3)cnn2cc1O[C@H](C)C(C)(C)O. The first-order valence-corrected chi connectivity index (χ1v) is 9.88. The topological polar surface area (TPSA) is 133 Å². The van der Waals surface area contributed by atoms with Crippen molar-refractivity contribution in [2.24, 2.45) is 5.73 Å². The van der Waals surface area contributed by atoms with Gasteiger partial charge in [-0.25, -0.2) is 9.50 Å². The van der Waals surface area contributed by atoms with Gasteiger partial charge in [-0.1, -0.05) is 0 Å². The van der Waals surface area contributed by atoms with E-state index in [0.29, 0.717) is 28.3 Å². The number of nitrogens with two attached hydrogens (primary N) is 1. The zero-order valence-corrected chi connectivity index (χ0v) is 18.7. The summed E-state index contributed by atoms with van der Waals surface area (Å²) in [5, 5.41) is 17.4. The number of alkyl halides is 2. The number of primary amides is 1. The fraction of sp³-hybridized carbons (Fsp3) is 0.381. The highest BCUT2D eigenvalue weighted by molar-refractivity contribution is 6.00. The maximum atomic E-state index is 13.0. The van der Waals surface area contributed by atoms with E-state index >= 15 is 0 Å². The molecule has 0 saturated heterocycles. The third kappa shape index (κ3) is 4.90. The van der Waals surface area contributed by atoms with Crippen LogP contribution in [-0.4, -0.2) is 58.1 Å². The Morgan fingerprint density at radius 1 is 1.24 bits per heavy atom. The van der Waals surface area contributed by atoms with Crippen LogP contribution in [0.15, 0.2) is 24.5 Å². The average Bonchev–Trinajstić information content (AvgIpc) is 3.13. The molecule has 12 heteroatoms. The zero-order valence-electron chi connectivity index (χ0n) is 18.7. The van der Waals surface area contributed by atoms with Crippen LogP contribution in [0.3, 0.4) is 0 Å². The van der Waals surface area contributed by atoms with E-state index in [-0.39, 0.29) is 11.3 Å². The summed E-state index contributed by atoms with van der Waals surface area (Å²) in [6, 6.07) is 2.70. The van der Waals surface area contributed by atoms with E-state index in [1.807, 2.05) is 0 Å². The van der Waals surface area contributed by atoms with Gasteiger partial charge in [0, 0.05) is 12.6 Å². The molecule has 3 aromatic rings. The van der Waals surface area contributed by atoms with E-state index in [2.05, 4.69) is 20.1 Å². The van der Waals surface area contributed by atoms with Crippen LogP contribution in [0.25, 0.3) is 16.8 Å². The second kappa shape index (κ2) is 9.06. The minimum absolute atomic E-state index is 0.0391. The van der Waals surface area contributed by atoms with Crippen LogP contribution in [0.1, 0.15) is 31.1 Å². The molecular weight excluding hydrogens is 440 g/mol. The van der Waals surface area contributed by atoms with Crippen LogP contribution in [0.5, 0.6) is 17.2 Å². The molecule has 0 bridgehead atoms. The summed E-state index contributed by atoms with van der Waals surface area (Å²) in [6.45, 7) is 1.78. The van der Waals surface area contributed by atoms with Gasteiger partial charge < -0.3 is 30.4 Å². The first kappa shape index (κ1) is 24.0. The van der Waals surface area contributed by atoms with Crippen LogP contribution in [0.4, 0.5) is 14.6 Å². The average molecular weight is 465 g/mol. The van der Waals surface area contributed by atoms with Crippen LogP contribution >= 0.6 is 0 Å². The Balaban J connectivity index is 2.15. The molecule has 0 unspecified atom stereocenters. The minimum Gasteiger partial charge on any atom is -0.496 e. The fourth-order valence-electron chi connectivity index (χ4n) is 3.04. The number of benzene rings is 1. The highest BCUT2D eigenvalue weighted by Gasteiger charge is 2.26.